The monoisotopic (exact) mass is 320 g/mol. The van der Waals surface area contributed by atoms with Crippen LogP contribution in [0, 0.1) is 5.92 Å². The fourth-order valence-corrected chi connectivity index (χ4v) is 4.16. The molecule has 1 saturated heterocycles. The second-order valence-electron chi connectivity index (χ2n) is 5.96. The first kappa shape index (κ1) is 15.2. The Balaban J connectivity index is 1.56. The number of allylic oxidation sites excluding steroid dienone is 2. The lowest BCUT2D eigenvalue weighted by atomic mass is 9.91. The van der Waals surface area contributed by atoms with E-state index in [1.807, 2.05) is 4.90 Å². The third-order valence-corrected chi connectivity index (χ3v) is 5.52. The van der Waals surface area contributed by atoms with E-state index in [0.29, 0.717) is 0 Å². The van der Waals surface area contributed by atoms with Crippen molar-refractivity contribution >= 4 is 23.2 Å². The summed E-state index contributed by atoms with van der Waals surface area (Å²) < 4.78 is 0. The smallest absolute Gasteiger partial charge is 0.355 e. The van der Waals surface area contributed by atoms with Gasteiger partial charge in [0.2, 0.25) is 5.91 Å². The van der Waals surface area contributed by atoms with E-state index in [9.17, 15) is 9.59 Å². The quantitative estimate of drug-likeness (QED) is 0.869. The predicted molar refractivity (Wildman–Crippen MR) is 84.1 cm³/mol. The van der Waals surface area contributed by atoms with Crippen LogP contribution < -0.4 is 0 Å². The van der Waals surface area contributed by atoms with Crippen LogP contribution in [0.1, 0.15) is 53.5 Å². The molecule has 0 bridgehead atoms. The molecule has 0 aromatic carbocycles. The molecule has 0 unspecified atom stereocenters. The van der Waals surface area contributed by atoms with Crippen LogP contribution in [-0.4, -0.2) is 40.0 Å². The number of aromatic nitrogens is 1. The molecule has 22 heavy (non-hydrogen) atoms. The number of likely N-dealkylation sites (tertiary alicyclic amines) is 1. The third-order valence-electron chi connectivity index (χ3n) is 4.52. The lowest BCUT2D eigenvalue weighted by molar-refractivity contribution is -0.136. The Morgan fingerprint density at radius 3 is 2.59 bits per heavy atom. The van der Waals surface area contributed by atoms with Crippen molar-refractivity contribution in [1.29, 1.82) is 0 Å². The molecule has 1 atom stereocenters. The van der Waals surface area contributed by atoms with Crippen molar-refractivity contribution < 1.29 is 14.7 Å². The Hall–Kier alpha value is -1.69. The topological polar surface area (TPSA) is 70.5 Å². The molecule has 1 N–H and O–H groups in total. The van der Waals surface area contributed by atoms with E-state index in [1.165, 1.54) is 11.3 Å². The van der Waals surface area contributed by atoms with Crippen molar-refractivity contribution in [3.05, 3.63) is 28.2 Å². The van der Waals surface area contributed by atoms with E-state index < -0.39 is 5.97 Å². The number of aromatic carboxylic acids is 1. The number of piperidine rings is 1. The third kappa shape index (κ3) is 3.21. The number of amides is 1. The fraction of sp³-hybridized carbons (Fsp3) is 0.562. The zero-order valence-corrected chi connectivity index (χ0v) is 13.2. The number of hydrogen-bond acceptors (Lipinski definition) is 4. The molecule has 0 spiro atoms. The van der Waals surface area contributed by atoms with Crippen LogP contribution in [0.25, 0.3) is 0 Å². The van der Waals surface area contributed by atoms with Gasteiger partial charge >= 0.3 is 5.97 Å². The van der Waals surface area contributed by atoms with E-state index in [4.69, 9.17) is 5.11 Å². The van der Waals surface area contributed by atoms with Gasteiger partial charge in [-0.1, -0.05) is 12.2 Å². The summed E-state index contributed by atoms with van der Waals surface area (Å²) in [6, 6.07) is 0. The summed E-state index contributed by atoms with van der Waals surface area (Å²) in [5.74, 6) is -0.248. The van der Waals surface area contributed by atoms with E-state index in [1.54, 1.807) is 5.38 Å². The summed E-state index contributed by atoms with van der Waals surface area (Å²) in [4.78, 5) is 29.6. The summed E-state index contributed by atoms with van der Waals surface area (Å²) in [5.41, 5.74) is 0.132. The van der Waals surface area contributed by atoms with Crippen LogP contribution >= 0.6 is 11.3 Å². The second-order valence-corrected chi connectivity index (χ2v) is 6.85. The molecule has 0 radical (unpaired) electrons. The minimum Gasteiger partial charge on any atom is -0.476 e. The zero-order valence-electron chi connectivity index (χ0n) is 12.4. The lowest BCUT2D eigenvalue weighted by Crippen LogP contribution is -2.41. The Labute approximate surface area is 133 Å². The number of thiazole rings is 1. The van der Waals surface area contributed by atoms with Gasteiger partial charge in [0.05, 0.1) is 5.01 Å². The van der Waals surface area contributed by atoms with Crippen LogP contribution in [0.3, 0.4) is 0 Å². The van der Waals surface area contributed by atoms with Crippen LogP contribution in [-0.2, 0) is 4.79 Å². The largest absolute Gasteiger partial charge is 0.476 e. The standard InChI is InChI=1S/C16H20N2O3S/c19-15(12-4-2-1-3-5-12)18-8-6-11(7-9-18)14-17-13(10-22-14)16(20)21/h1-2,10-12H,3-9H2,(H,20,21)/t12-/m1/s1. The van der Waals surface area contributed by atoms with Crippen LogP contribution in [0.5, 0.6) is 0 Å². The van der Waals surface area contributed by atoms with E-state index >= 15 is 0 Å². The molecule has 0 saturated carbocycles. The SMILES string of the molecule is O=C(O)c1csc(C2CCN(C(=O)[C@@H]3CC=CCC3)CC2)n1. The molecule has 5 nitrogen and oxygen atoms in total. The Kier molecular flexibility index (Phi) is 4.57. The average molecular weight is 320 g/mol. The molecule has 2 aliphatic rings. The molecule has 3 rings (SSSR count). The van der Waals surface area contributed by atoms with Crippen molar-refractivity contribution in [3.63, 3.8) is 0 Å². The minimum absolute atomic E-state index is 0.132. The number of carboxylic acids is 1. The fourth-order valence-electron chi connectivity index (χ4n) is 3.20. The summed E-state index contributed by atoms with van der Waals surface area (Å²) >= 11 is 1.42. The lowest BCUT2D eigenvalue weighted by Gasteiger charge is -2.34. The van der Waals surface area contributed by atoms with Gasteiger partial charge in [0.1, 0.15) is 0 Å². The van der Waals surface area contributed by atoms with E-state index in [0.717, 1.165) is 50.2 Å². The molecule has 1 fully saturated rings. The van der Waals surface area contributed by atoms with Crippen molar-refractivity contribution in [1.82, 2.24) is 9.88 Å². The maximum atomic E-state index is 12.5. The first-order chi connectivity index (χ1) is 10.6. The molecule has 1 amide bonds. The Morgan fingerprint density at radius 1 is 1.23 bits per heavy atom. The van der Waals surface area contributed by atoms with Crippen LogP contribution in [0.2, 0.25) is 0 Å². The maximum Gasteiger partial charge on any atom is 0.355 e. The Bertz CT molecular complexity index is 588. The van der Waals surface area contributed by atoms with Gasteiger partial charge in [0.25, 0.3) is 0 Å². The van der Waals surface area contributed by atoms with Gasteiger partial charge in [0, 0.05) is 30.3 Å². The van der Waals surface area contributed by atoms with Gasteiger partial charge in [-0.2, -0.15) is 0 Å². The summed E-state index contributed by atoms with van der Waals surface area (Å²) in [6.07, 6.45) is 8.85. The van der Waals surface area contributed by atoms with Gasteiger partial charge < -0.3 is 10.0 Å². The van der Waals surface area contributed by atoms with Crippen LogP contribution in [0.15, 0.2) is 17.5 Å². The van der Waals surface area contributed by atoms with Crippen molar-refractivity contribution in [2.75, 3.05) is 13.1 Å². The number of nitrogens with zero attached hydrogens (tertiary/aromatic N) is 2. The first-order valence-corrected chi connectivity index (χ1v) is 8.65. The number of carbonyl (C=O) groups is 2. The van der Waals surface area contributed by atoms with E-state index in [-0.39, 0.29) is 23.4 Å². The zero-order chi connectivity index (χ0) is 15.5. The molecule has 2 heterocycles. The molecule has 118 valence electrons. The van der Waals surface area contributed by atoms with Crippen molar-refractivity contribution in [2.24, 2.45) is 5.92 Å². The van der Waals surface area contributed by atoms with Gasteiger partial charge in [-0.05, 0) is 32.1 Å². The summed E-state index contributed by atoms with van der Waals surface area (Å²) in [7, 11) is 0. The van der Waals surface area contributed by atoms with Crippen molar-refractivity contribution in [3.8, 4) is 0 Å². The predicted octanol–water partition coefficient (Wildman–Crippen LogP) is 2.90. The average Bonchev–Trinajstić information content (AvgIpc) is 3.05. The number of rotatable bonds is 3. The first-order valence-electron chi connectivity index (χ1n) is 7.77. The van der Waals surface area contributed by atoms with E-state index in [2.05, 4.69) is 17.1 Å². The highest BCUT2D eigenvalue weighted by Gasteiger charge is 2.29. The maximum absolute atomic E-state index is 12.5. The molecular weight excluding hydrogens is 300 g/mol. The second kappa shape index (κ2) is 6.60. The summed E-state index contributed by atoms with van der Waals surface area (Å²) in [5, 5.41) is 11.4. The summed E-state index contributed by atoms with van der Waals surface area (Å²) in [6.45, 7) is 1.51. The molecule has 1 aromatic rings. The van der Waals surface area contributed by atoms with Crippen LogP contribution in [0.4, 0.5) is 0 Å². The van der Waals surface area contributed by atoms with Gasteiger partial charge in [-0.15, -0.1) is 11.3 Å². The van der Waals surface area contributed by atoms with Gasteiger partial charge in [0.15, 0.2) is 5.69 Å². The molecule has 1 aliphatic heterocycles. The number of hydrogen-bond donors (Lipinski definition) is 1. The molecular formula is C16H20N2O3S. The van der Waals surface area contributed by atoms with Crippen molar-refractivity contribution in [2.45, 2.75) is 38.0 Å². The highest BCUT2D eigenvalue weighted by Crippen LogP contribution is 2.31. The molecule has 6 heteroatoms. The van der Waals surface area contributed by atoms with Gasteiger partial charge in [-0.25, -0.2) is 9.78 Å². The van der Waals surface area contributed by atoms with Gasteiger partial charge in [-0.3, -0.25) is 4.79 Å². The molecule has 1 aliphatic carbocycles. The number of carboxylic acid groups (broad SMARTS) is 1. The normalized spacial score (nSPS) is 22.7. The minimum atomic E-state index is -0.972. The Morgan fingerprint density at radius 2 is 2.00 bits per heavy atom. The number of carbonyl (C=O) groups excluding carboxylic acids is 1. The molecule has 1 aromatic heterocycles. The highest BCUT2D eigenvalue weighted by molar-refractivity contribution is 7.09. The highest BCUT2D eigenvalue weighted by atomic mass is 32.1.